The van der Waals surface area contributed by atoms with Crippen LogP contribution in [0, 0.1) is 5.92 Å². The van der Waals surface area contributed by atoms with Gasteiger partial charge >= 0.3 is 0 Å². The number of aryl methyl sites for hydroxylation is 1. The summed E-state index contributed by atoms with van der Waals surface area (Å²) >= 11 is 0. The van der Waals surface area contributed by atoms with Crippen LogP contribution in [0.25, 0.3) is 10.8 Å². The highest BCUT2D eigenvalue weighted by atomic mass is 16.2. The normalized spacial score (nSPS) is 10.9. The third-order valence-electron chi connectivity index (χ3n) is 3.78. The first-order valence-corrected chi connectivity index (χ1v) is 8.53. The maximum Gasteiger partial charge on any atom is 0.290 e. The highest BCUT2D eigenvalue weighted by molar-refractivity contribution is 6.05. The van der Waals surface area contributed by atoms with Crippen molar-refractivity contribution in [2.75, 3.05) is 0 Å². The average molecular weight is 344 g/mol. The SMILES string of the molecule is CCCn1nc(C(=O)NNC(=O)CCC(C)C)c2ccccc2c1=O. The number of hydrogen-bond donors (Lipinski definition) is 2. The fraction of sp³-hybridized carbons (Fsp3) is 0.444. The molecular weight excluding hydrogens is 320 g/mol. The monoisotopic (exact) mass is 344 g/mol. The third kappa shape index (κ3) is 4.65. The Kier molecular flexibility index (Phi) is 6.27. The molecule has 0 aliphatic heterocycles. The lowest BCUT2D eigenvalue weighted by atomic mass is 10.1. The first kappa shape index (κ1) is 18.6. The van der Waals surface area contributed by atoms with Gasteiger partial charge in [0.1, 0.15) is 0 Å². The van der Waals surface area contributed by atoms with Crippen LogP contribution in [0.4, 0.5) is 0 Å². The lowest BCUT2D eigenvalue weighted by Gasteiger charge is -2.11. The predicted octanol–water partition coefficient (Wildman–Crippen LogP) is 2.00. The highest BCUT2D eigenvalue weighted by Crippen LogP contribution is 2.13. The van der Waals surface area contributed by atoms with Gasteiger partial charge in [-0.05, 0) is 24.8 Å². The molecule has 0 atom stereocenters. The number of amides is 2. The summed E-state index contributed by atoms with van der Waals surface area (Å²) in [6, 6.07) is 6.83. The molecule has 0 fully saturated rings. The largest absolute Gasteiger partial charge is 0.290 e. The molecule has 2 rings (SSSR count). The van der Waals surface area contributed by atoms with Crippen molar-refractivity contribution in [1.82, 2.24) is 20.6 Å². The van der Waals surface area contributed by atoms with Crippen LogP contribution < -0.4 is 16.4 Å². The maximum absolute atomic E-state index is 12.5. The first-order chi connectivity index (χ1) is 11.9. The van der Waals surface area contributed by atoms with Gasteiger partial charge in [-0.1, -0.05) is 39.0 Å². The van der Waals surface area contributed by atoms with Gasteiger partial charge in [-0.2, -0.15) is 5.10 Å². The van der Waals surface area contributed by atoms with Crippen molar-refractivity contribution in [1.29, 1.82) is 0 Å². The van der Waals surface area contributed by atoms with Crippen LogP contribution in [-0.2, 0) is 11.3 Å². The van der Waals surface area contributed by atoms with E-state index < -0.39 is 5.91 Å². The predicted molar refractivity (Wildman–Crippen MR) is 96.0 cm³/mol. The quantitative estimate of drug-likeness (QED) is 0.784. The Morgan fingerprint density at radius 1 is 1.16 bits per heavy atom. The number of carbonyl (C=O) groups is 2. The van der Waals surface area contributed by atoms with Crippen LogP contribution >= 0.6 is 0 Å². The minimum atomic E-state index is -0.543. The zero-order valence-electron chi connectivity index (χ0n) is 14.8. The van der Waals surface area contributed by atoms with E-state index in [1.165, 1.54) is 4.68 Å². The molecule has 0 aliphatic carbocycles. The summed E-state index contributed by atoms with van der Waals surface area (Å²) in [7, 11) is 0. The molecule has 134 valence electrons. The van der Waals surface area contributed by atoms with Gasteiger partial charge in [0.05, 0.1) is 5.39 Å². The molecule has 0 saturated carbocycles. The summed E-state index contributed by atoms with van der Waals surface area (Å²) in [5.41, 5.74) is 4.68. The van der Waals surface area contributed by atoms with Crippen molar-refractivity contribution in [3.63, 3.8) is 0 Å². The van der Waals surface area contributed by atoms with Gasteiger partial charge in [0.15, 0.2) is 5.69 Å². The molecule has 2 aromatic rings. The van der Waals surface area contributed by atoms with E-state index in [0.717, 1.165) is 12.8 Å². The Labute approximate surface area is 146 Å². The summed E-state index contributed by atoms with van der Waals surface area (Å²) in [6.45, 7) is 6.40. The number of fused-ring (bicyclic) bond motifs is 1. The minimum absolute atomic E-state index is 0.118. The Hall–Kier alpha value is -2.70. The van der Waals surface area contributed by atoms with Crippen molar-refractivity contribution in [2.45, 2.75) is 46.6 Å². The van der Waals surface area contributed by atoms with Crippen molar-refractivity contribution >= 4 is 22.6 Å². The van der Waals surface area contributed by atoms with Crippen LogP contribution in [-0.4, -0.2) is 21.6 Å². The number of benzene rings is 1. The van der Waals surface area contributed by atoms with Crippen LogP contribution in [0.1, 0.15) is 50.5 Å². The molecule has 1 aromatic carbocycles. The number of hydrazine groups is 1. The summed E-state index contributed by atoms with van der Waals surface area (Å²) in [5.74, 6) is -0.392. The van der Waals surface area contributed by atoms with E-state index in [0.29, 0.717) is 29.7 Å². The molecular formula is C18H24N4O3. The second-order valence-corrected chi connectivity index (χ2v) is 6.36. The molecule has 1 aromatic heterocycles. The van der Waals surface area contributed by atoms with Crippen LogP contribution in [0.5, 0.6) is 0 Å². The van der Waals surface area contributed by atoms with Gasteiger partial charge < -0.3 is 0 Å². The van der Waals surface area contributed by atoms with Gasteiger partial charge in [0, 0.05) is 18.4 Å². The summed E-state index contributed by atoms with van der Waals surface area (Å²) in [5, 5.41) is 5.08. The maximum atomic E-state index is 12.5. The Balaban J connectivity index is 2.24. The number of hydrogen-bond acceptors (Lipinski definition) is 4. The lowest BCUT2D eigenvalue weighted by Crippen LogP contribution is -2.42. The van der Waals surface area contributed by atoms with E-state index in [1.807, 2.05) is 20.8 Å². The zero-order valence-corrected chi connectivity index (χ0v) is 14.8. The third-order valence-corrected chi connectivity index (χ3v) is 3.78. The Morgan fingerprint density at radius 2 is 1.84 bits per heavy atom. The van der Waals surface area contributed by atoms with Gasteiger partial charge in [-0.15, -0.1) is 0 Å². The van der Waals surface area contributed by atoms with Crippen LogP contribution in [0.3, 0.4) is 0 Å². The van der Waals surface area contributed by atoms with E-state index in [-0.39, 0.29) is 17.2 Å². The second kappa shape index (κ2) is 8.41. The molecule has 25 heavy (non-hydrogen) atoms. The molecule has 7 heteroatoms. The average Bonchev–Trinajstić information content (AvgIpc) is 2.60. The lowest BCUT2D eigenvalue weighted by molar-refractivity contribution is -0.122. The van der Waals surface area contributed by atoms with E-state index in [9.17, 15) is 14.4 Å². The molecule has 0 aliphatic rings. The summed E-state index contributed by atoms with van der Waals surface area (Å²) in [4.78, 5) is 36.6. The topological polar surface area (TPSA) is 93.1 Å². The van der Waals surface area contributed by atoms with Crippen LogP contribution in [0.2, 0.25) is 0 Å². The molecule has 2 N–H and O–H groups in total. The molecule has 1 heterocycles. The fourth-order valence-electron chi connectivity index (χ4n) is 2.43. The number of carbonyl (C=O) groups excluding carboxylic acids is 2. The molecule has 7 nitrogen and oxygen atoms in total. The molecule has 0 bridgehead atoms. The fourth-order valence-corrected chi connectivity index (χ4v) is 2.43. The number of aromatic nitrogens is 2. The minimum Gasteiger partial charge on any atom is -0.273 e. The van der Waals surface area contributed by atoms with Crippen molar-refractivity contribution in [3.8, 4) is 0 Å². The molecule has 0 radical (unpaired) electrons. The second-order valence-electron chi connectivity index (χ2n) is 6.36. The van der Waals surface area contributed by atoms with Crippen LogP contribution in [0.15, 0.2) is 29.1 Å². The molecule has 0 unspecified atom stereocenters. The number of nitrogens with zero attached hydrogens (tertiary/aromatic N) is 2. The smallest absolute Gasteiger partial charge is 0.273 e. The van der Waals surface area contributed by atoms with E-state index in [2.05, 4.69) is 16.0 Å². The van der Waals surface area contributed by atoms with Crippen molar-refractivity contribution in [3.05, 3.63) is 40.3 Å². The molecule has 0 saturated heterocycles. The summed E-state index contributed by atoms with van der Waals surface area (Å²) in [6.07, 6.45) is 1.80. The Bertz CT molecular complexity index is 827. The van der Waals surface area contributed by atoms with Crippen molar-refractivity contribution < 1.29 is 9.59 Å². The van der Waals surface area contributed by atoms with E-state index in [4.69, 9.17) is 0 Å². The van der Waals surface area contributed by atoms with Gasteiger partial charge in [0.25, 0.3) is 11.5 Å². The van der Waals surface area contributed by atoms with E-state index >= 15 is 0 Å². The van der Waals surface area contributed by atoms with Gasteiger partial charge in [-0.25, -0.2) is 4.68 Å². The number of rotatable bonds is 6. The van der Waals surface area contributed by atoms with E-state index in [1.54, 1.807) is 24.3 Å². The number of nitrogens with one attached hydrogen (secondary N) is 2. The standard InChI is InChI=1S/C18H24N4O3/c1-4-11-22-18(25)14-8-6-5-7-13(14)16(21-22)17(24)20-19-15(23)10-9-12(2)3/h5-8,12H,4,9-11H2,1-3H3,(H,19,23)(H,20,24). The summed E-state index contributed by atoms with van der Waals surface area (Å²) < 4.78 is 1.29. The molecule has 2 amide bonds. The Morgan fingerprint density at radius 3 is 2.48 bits per heavy atom. The zero-order chi connectivity index (χ0) is 18.4. The first-order valence-electron chi connectivity index (χ1n) is 8.53. The molecule has 0 spiro atoms. The van der Waals surface area contributed by atoms with Gasteiger partial charge in [0.2, 0.25) is 5.91 Å². The highest BCUT2D eigenvalue weighted by Gasteiger charge is 2.17. The van der Waals surface area contributed by atoms with Gasteiger partial charge in [-0.3, -0.25) is 25.2 Å². The van der Waals surface area contributed by atoms with Crippen molar-refractivity contribution in [2.24, 2.45) is 5.92 Å².